The van der Waals surface area contributed by atoms with Crippen LogP contribution in [0.15, 0.2) is 66.0 Å². The number of rotatable bonds is 5. The maximum Gasteiger partial charge on any atom is 0.266 e. The maximum atomic E-state index is 13.8. The van der Waals surface area contributed by atoms with Crippen molar-refractivity contribution in [3.05, 3.63) is 82.9 Å². The van der Waals surface area contributed by atoms with Crippen molar-refractivity contribution in [2.75, 3.05) is 5.32 Å². The van der Waals surface area contributed by atoms with Gasteiger partial charge in [0.2, 0.25) is 0 Å². The van der Waals surface area contributed by atoms with E-state index in [4.69, 9.17) is 4.98 Å². The lowest BCUT2D eigenvalue weighted by atomic mass is 10.0. The first-order valence-electron chi connectivity index (χ1n) is 10.5. The number of nitrogens with zero attached hydrogens (tertiary/aromatic N) is 5. The highest BCUT2D eigenvalue weighted by atomic mass is 16.1. The van der Waals surface area contributed by atoms with Crippen molar-refractivity contribution < 1.29 is 0 Å². The minimum Gasteiger partial charge on any atom is -0.358 e. The van der Waals surface area contributed by atoms with Gasteiger partial charge in [0.05, 0.1) is 29.0 Å². The second kappa shape index (κ2) is 7.88. The molecule has 0 spiro atoms. The van der Waals surface area contributed by atoms with Gasteiger partial charge in [0.15, 0.2) is 11.5 Å². The molecule has 32 heavy (non-hydrogen) atoms. The highest BCUT2D eigenvalue weighted by Gasteiger charge is 2.25. The molecule has 5 rings (SSSR count). The van der Waals surface area contributed by atoms with Crippen LogP contribution in [0, 0.1) is 12.8 Å². The largest absolute Gasteiger partial charge is 0.358 e. The van der Waals surface area contributed by atoms with Crippen LogP contribution in [0.2, 0.25) is 0 Å². The third kappa shape index (κ3) is 3.30. The quantitative estimate of drug-likeness (QED) is 0.438. The summed E-state index contributed by atoms with van der Waals surface area (Å²) in [6, 6.07) is 15.1. The van der Waals surface area contributed by atoms with Crippen molar-refractivity contribution in [3.63, 3.8) is 0 Å². The molecule has 3 aromatic heterocycles. The summed E-state index contributed by atoms with van der Waals surface area (Å²) < 4.78 is 1.71. The molecule has 0 radical (unpaired) electrons. The number of aromatic nitrogens is 6. The van der Waals surface area contributed by atoms with E-state index in [1.54, 1.807) is 10.9 Å². The molecular weight excluding hydrogens is 402 g/mol. The van der Waals surface area contributed by atoms with E-state index in [1.807, 2.05) is 55.5 Å². The van der Waals surface area contributed by atoms with Crippen LogP contribution in [0.5, 0.6) is 0 Å². The molecule has 0 fully saturated rings. The molecule has 0 bridgehead atoms. The minimum atomic E-state index is -0.297. The zero-order chi connectivity index (χ0) is 22.2. The molecular formula is C24H23N7O. The standard InChI is InChI=1S/C24H23N7O/c1-14(2)19(30-22-20-21(26-12-25-20)27-13-28-22)23-29-17-11-7-8-15(3)18(17)24(32)31(23)16-9-5-4-6-10-16/h4-14,19H,1-3H3,(H2,25,26,27,28,30)/t19-/m1/s1. The Morgan fingerprint density at radius 3 is 2.59 bits per heavy atom. The molecule has 3 heterocycles. The average Bonchev–Trinajstić information content (AvgIpc) is 3.27. The predicted octanol–water partition coefficient (Wildman–Crippen LogP) is 4.17. The molecule has 1 atom stereocenters. The molecule has 2 aromatic carbocycles. The fraction of sp³-hybridized carbons (Fsp3) is 0.208. The van der Waals surface area contributed by atoms with Crippen LogP contribution in [0.1, 0.15) is 31.3 Å². The fourth-order valence-corrected chi connectivity index (χ4v) is 4.00. The Hall–Kier alpha value is -4.07. The number of para-hydroxylation sites is 1. The molecule has 8 nitrogen and oxygen atoms in total. The number of nitrogens with one attached hydrogen (secondary N) is 2. The Balaban J connectivity index is 1.77. The van der Waals surface area contributed by atoms with E-state index in [1.165, 1.54) is 6.33 Å². The van der Waals surface area contributed by atoms with E-state index in [0.717, 1.165) is 11.3 Å². The molecule has 0 amide bonds. The molecule has 0 unspecified atom stereocenters. The maximum absolute atomic E-state index is 13.8. The van der Waals surface area contributed by atoms with Gasteiger partial charge in [-0.3, -0.25) is 9.36 Å². The van der Waals surface area contributed by atoms with E-state index in [2.05, 4.69) is 39.1 Å². The van der Waals surface area contributed by atoms with Gasteiger partial charge in [-0.25, -0.2) is 19.9 Å². The SMILES string of the molecule is Cc1cccc2nc([C@H](Nc3ncnc4nc[nH]c34)C(C)C)n(-c3ccccc3)c(=O)c12. The first-order valence-corrected chi connectivity index (χ1v) is 10.5. The number of anilines is 1. The number of fused-ring (bicyclic) bond motifs is 2. The van der Waals surface area contributed by atoms with Gasteiger partial charge in [-0.05, 0) is 36.6 Å². The number of H-pyrrole nitrogens is 1. The third-order valence-corrected chi connectivity index (χ3v) is 5.61. The summed E-state index contributed by atoms with van der Waals surface area (Å²) in [7, 11) is 0. The number of imidazole rings is 1. The minimum absolute atomic E-state index is 0.0869. The van der Waals surface area contributed by atoms with Gasteiger partial charge in [-0.15, -0.1) is 0 Å². The zero-order valence-electron chi connectivity index (χ0n) is 18.1. The van der Waals surface area contributed by atoms with E-state index in [-0.39, 0.29) is 17.5 Å². The van der Waals surface area contributed by atoms with Crippen LogP contribution in [0.4, 0.5) is 5.82 Å². The van der Waals surface area contributed by atoms with Crippen molar-refractivity contribution in [2.45, 2.75) is 26.8 Å². The van der Waals surface area contributed by atoms with Crippen molar-refractivity contribution in [2.24, 2.45) is 5.92 Å². The second-order valence-corrected chi connectivity index (χ2v) is 8.10. The number of aryl methyl sites for hydroxylation is 1. The Bertz CT molecular complexity index is 1470. The van der Waals surface area contributed by atoms with Gasteiger partial charge in [-0.1, -0.05) is 44.2 Å². The van der Waals surface area contributed by atoms with Crippen LogP contribution in [-0.4, -0.2) is 29.5 Å². The Labute approximate surface area is 184 Å². The number of hydrogen-bond acceptors (Lipinski definition) is 6. The summed E-state index contributed by atoms with van der Waals surface area (Å²) in [6.07, 6.45) is 3.07. The van der Waals surface area contributed by atoms with Gasteiger partial charge in [-0.2, -0.15) is 0 Å². The monoisotopic (exact) mass is 425 g/mol. The van der Waals surface area contributed by atoms with Gasteiger partial charge in [0.1, 0.15) is 17.7 Å². The fourth-order valence-electron chi connectivity index (χ4n) is 4.00. The van der Waals surface area contributed by atoms with E-state index in [9.17, 15) is 4.79 Å². The van der Waals surface area contributed by atoms with Crippen LogP contribution in [0.3, 0.4) is 0 Å². The molecule has 5 aromatic rings. The number of benzene rings is 2. The van der Waals surface area contributed by atoms with Crippen LogP contribution in [-0.2, 0) is 0 Å². The van der Waals surface area contributed by atoms with Crippen LogP contribution < -0.4 is 10.9 Å². The van der Waals surface area contributed by atoms with E-state index < -0.39 is 0 Å². The molecule has 0 aliphatic carbocycles. The average molecular weight is 425 g/mol. The molecule has 0 saturated carbocycles. The lowest BCUT2D eigenvalue weighted by Gasteiger charge is -2.26. The van der Waals surface area contributed by atoms with Crippen LogP contribution in [0.25, 0.3) is 27.8 Å². The van der Waals surface area contributed by atoms with E-state index in [0.29, 0.717) is 33.7 Å². The van der Waals surface area contributed by atoms with Crippen molar-refractivity contribution in [1.29, 1.82) is 0 Å². The summed E-state index contributed by atoms with van der Waals surface area (Å²) >= 11 is 0. The van der Waals surface area contributed by atoms with Gasteiger partial charge in [0, 0.05) is 0 Å². The van der Waals surface area contributed by atoms with Crippen molar-refractivity contribution in [3.8, 4) is 5.69 Å². The zero-order valence-corrected chi connectivity index (χ0v) is 18.1. The highest BCUT2D eigenvalue weighted by Crippen LogP contribution is 2.29. The smallest absolute Gasteiger partial charge is 0.266 e. The molecule has 2 N–H and O–H groups in total. The first kappa shape index (κ1) is 19.9. The lowest BCUT2D eigenvalue weighted by Crippen LogP contribution is -2.31. The molecule has 8 heteroatoms. The molecule has 0 aliphatic heterocycles. The highest BCUT2D eigenvalue weighted by molar-refractivity contribution is 5.83. The summed E-state index contributed by atoms with van der Waals surface area (Å²) in [5.41, 5.74) is 3.55. The second-order valence-electron chi connectivity index (χ2n) is 8.10. The Morgan fingerprint density at radius 1 is 1.00 bits per heavy atom. The van der Waals surface area contributed by atoms with Crippen molar-refractivity contribution in [1.82, 2.24) is 29.5 Å². The summed E-state index contributed by atoms with van der Waals surface area (Å²) in [5, 5.41) is 4.12. The van der Waals surface area contributed by atoms with Gasteiger partial charge in [0.25, 0.3) is 5.56 Å². The molecule has 0 saturated heterocycles. The lowest BCUT2D eigenvalue weighted by molar-refractivity contribution is 0.509. The van der Waals surface area contributed by atoms with Crippen molar-refractivity contribution >= 4 is 27.9 Å². The number of aromatic amines is 1. The summed E-state index contributed by atoms with van der Waals surface area (Å²) in [4.78, 5) is 34.7. The topological polar surface area (TPSA) is 101 Å². The summed E-state index contributed by atoms with van der Waals surface area (Å²) in [5.74, 6) is 1.34. The molecule has 0 aliphatic rings. The number of hydrogen-bond donors (Lipinski definition) is 2. The Kier molecular flexibility index (Phi) is 4.89. The van der Waals surface area contributed by atoms with Gasteiger partial charge >= 0.3 is 0 Å². The van der Waals surface area contributed by atoms with Gasteiger partial charge < -0.3 is 10.3 Å². The first-order chi connectivity index (χ1) is 15.5. The normalized spacial score (nSPS) is 12.5. The summed E-state index contributed by atoms with van der Waals surface area (Å²) in [6.45, 7) is 6.12. The molecule has 160 valence electrons. The predicted molar refractivity (Wildman–Crippen MR) is 125 cm³/mol. The van der Waals surface area contributed by atoms with E-state index >= 15 is 0 Å². The Morgan fingerprint density at radius 2 is 1.81 bits per heavy atom. The third-order valence-electron chi connectivity index (χ3n) is 5.61. The van der Waals surface area contributed by atoms with Crippen LogP contribution >= 0.6 is 0 Å².